The molecule has 3 rings (SSSR count). The second kappa shape index (κ2) is 5.97. The van der Waals surface area contributed by atoms with Crippen molar-refractivity contribution in [2.45, 2.75) is 30.8 Å². The third-order valence-corrected chi connectivity index (χ3v) is 4.41. The fourth-order valence-corrected chi connectivity index (χ4v) is 3.00. The Kier molecular flexibility index (Phi) is 4.21. The van der Waals surface area contributed by atoms with Crippen LogP contribution in [0.1, 0.15) is 22.8 Å². The van der Waals surface area contributed by atoms with E-state index in [0.29, 0.717) is 6.54 Å². The highest BCUT2D eigenvalue weighted by atomic mass is 32.2. The van der Waals surface area contributed by atoms with Crippen LogP contribution in [0.25, 0.3) is 0 Å². The molecule has 2 aromatic heterocycles. The van der Waals surface area contributed by atoms with Gasteiger partial charge in [0.2, 0.25) is 10.9 Å². The molecule has 1 aliphatic rings. The predicted octanol–water partition coefficient (Wildman–Crippen LogP) is 1.19. The van der Waals surface area contributed by atoms with Crippen molar-refractivity contribution in [2.24, 2.45) is 0 Å². The Hall–Kier alpha value is -2.18. The summed E-state index contributed by atoms with van der Waals surface area (Å²) in [4.78, 5) is 18.8. The second-order valence-electron chi connectivity index (χ2n) is 5.49. The van der Waals surface area contributed by atoms with Gasteiger partial charge in [-0.1, -0.05) is 0 Å². The summed E-state index contributed by atoms with van der Waals surface area (Å²) < 4.78 is 73.8. The van der Waals surface area contributed by atoms with E-state index in [1.807, 2.05) is 0 Å². The third-order valence-electron chi connectivity index (χ3n) is 3.69. The Morgan fingerprint density at radius 2 is 2.08 bits per heavy atom. The van der Waals surface area contributed by atoms with Crippen LogP contribution < -0.4 is 5.56 Å². The summed E-state index contributed by atoms with van der Waals surface area (Å²) >= 11 is 0. The van der Waals surface area contributed by atoms with Gasteiger partial charge in [-0.15, -0.1) is 0 Å². The predicted molar refractivity (Wildman–Crippen MR) is 76.2 cm³/mol. The quantitative estimate of drug-likeness (QED) is 0.770. The number of halogens is 3. The number of aromatic amines is 1. The van der Waals surface area contributed by atoms with Gasteiger partial charge < -0.3 is 9.40 Å². The summed E-state index contributed by atoms with van der Waals surface area (Å²) in [5, 5.41) is -0.603. The van der Waals surface area contributed by atoms with Crippen LogP contribution in [0, 0.1) is 0 Å². The normalized spacial score (nSPS) is 16.0. The van der Waals surface area contributed by atoms with Gasteiger partial charge in [-0.05, 0) is 12.1 Å². The van der Waals surface area contributed by atoms with Crippen LogP contribution in [0.2, 0.25) is 0 Å². The highest BCUT2D eigenvalue weighted by Gasteiger charge is 2.36. The van der Waals surface area contributed by atoms with E-state index in [-0.39, 0.29) is 36.5 Å². The van der Waals surface area contributed by atoms with Gasteiger partial charge in [-0.25, -0.2) is 4.98 Å². The van der Waals surface area contributed by atoms with Crippen LogP contribution >= 0.6 is 0 Å². The maximum atomic E-state index is 12.7. The van der Waals surface area contributed by atoms with Crippen molar-refractivity contribution in [3.8, 4) is 0 Å². The Morgan fingerprint density at radius 1 is 1.36 bits per heavy atom. The number of hydrogen-bond donors (Lipinski definition) is 2. The molecule has 12 heteroatoms. The van der Waals surface area contributed by atoms with Crippen molar-refractivity contribution < 1.29 is 30.6 Å². The minimum atomic E-state index is -4.73. The Labute approximate surface area is 139 Å². The van der Waals surface area contributed by atoms with E-state index in [4.69, 9.17) is 8.97 Å². The number of hydrogen-bond acceptors (Lipinski definition) is 6. The van der Waals surface area contributed by atoms with Crippen LogP contribution in [-0.4, -0.2) is 34.4 Å². The van der Waals surface area contributed by atoms with Gasteiger partial charge in [0.05, 0.1) is 17.8 Å². The first-order valence-corrected chi connectivity index (χ1v) is 8.46. The molecule has 0 fully saturated rings. The fourth-order valence-electron chi connectivity index (χ4n) is 2.55. The van der Waals surface area contributed by atoms with Gasteiger partial charge in [-0.3, -0.25) is 14.2 Å². The first-order valence-electron chi connectivity index (χ1n) is 7.02. The zero-order chi connectivity index (χ0) is 18.4. The Morgan fingerprint density at radius 3 is 2.68 bits per heavy atom. The first kappa shape index (κ1) is 17.6. The van der Waals surface area contributed by atoms with Crippen molar-refractivity contribution in [3.63, 3.8) is 0 Å². The highest BCUT2D eigenvalue weighted by Crippen LogP contribution is 2.27. The van der Waals surface area contributed by atoms with Crippen LogP contribution in [-0.2, 0) is 35.8 Å². The summed E-state index contributed by atoms with van der Waals surface area (Å²) in [5.74, 6) is -1.10. The van der Waals surface area contributed by atoms with Crippen LogP contribution in [0.4, 0.5) is 13.2 Å². The molecule has 0 saturated heterocycles. The molecule has 0 amide bonds. The average molecular weight is 379 g/mol. The lowest BCUT2D eigenvalue weighted by Gasteiger charge is -2.26. The van der Waals surface area contributed by atoms with Crippen molar-refractivity contribution in [3.05, 3.63) is 45.3 Å². The number of nitrogens with zero attached hydrogens (tertiary/aromatic N) is 2. The summed E-state index contributed by atoms with van der Waals surface area (Å²) in [6, 6.07) is 2.44. The lowest BCUT2D eigenvalue weighted by atomic mass is 10.1. The number of rotatable bonds is 3. The van der Waals surface area contributed by atoms with Crippen LogP contribution in [0.3, 0.4) is 0 Å². The van der Waals surface area contributed by atoms with Crippen molar-refractivity contribution >= 4 is 10.1 Å². The summed E-state index contributed by atoms with van der Waals surface area (Å²) in [6.45, 7) is 0.468. The highest BCUT2D eigenvalue weighted by molar-refractivity contribution is 7.85. The molecule has 0 radical (unpaired) electrons. The van der Waals surface area contributed by atoms with Crippen molar-refractivity contribution in [2.75, 3.05) is 6.54 Å². The van der Waals surface area contributed by atoms with E-state index in [1.165, 1.54) is 6.07 Å². The van der Waals surface area contributed by atoms with E-state index in [0.717, 1.165) is 6.07 Å². The maximum absolute atomic E-state index is 12.7. The lowest BCUT2D eigenvalue weighted by Crippen LogP contribution is -2.36. The second-order valence-corrected chi connectivity index (χ2v) is 6.85. The molecule has 0 aromatic carbocycles. The number of aromatic nitrogens is 2. The molecule has 2 N–H and O–H groups in total. The van der Waals surface area contributed by atoms with E-state index >= 15 is 0 Å². The maximum Gasteiger partial charge on any atom is 0.449 e. The van der Waals surface area contributed by atoms with Gasteiger partial charge in [0.25, 0.3) is 5.56 Å². The molecule has 25 heavy (non-hydrogen) atoms. The number of fused-ring (bicyclic) bond motifs is 1. The molecular weight excluding hydrogens is 367 g/mol. The number of nitrogens with one attached hydrogen (secondary N) is 1. The largest absolute Gasteiger partial charge is 0.449 e. The number of furan rings is 1. The molecule has 0 aliphatic carbocycles. The molecule has 136 valence electrons. The summed E-state index contributed by atoms with van der Waals surface area (Å²) in [5.41, 5.74) is -0.647. The summed E-state index contributed by atoms with van der Waals surface area (Å²) in [6.07, 6.45) is -4.60. The minimum Gasteiger partial charge on any atom is -0.446 e. The van der Waals surface area contributed by atoms with Gasteiger partial charge in [0, 0.05) is 19.5 Å². The van der Waals surface area contributed by atoms with Crippen LogP contribution in [0.5, 0.6) is 0 Å². The Balaban J connectivity index is 1.80. The average Bonchev–Trinajstić information content (AvgIpc) is 2.95. The van der Waals surface area contributed by atoms with Crippen molar-refractivity contribution in [1.82, 2.24) is 14.9 Å². The van der Waals surface area contributed by atoms with Gasteiger partial charge >= 0.3 is 16.3 Å². The molecule has 0 saturated carbocycles. The van der Waals surface area contributed by atoms with Crippen molar-refractivity contribution in [1.29, 1.82) is 0 Å². The van der Waals surface area contributed by atoms with E-state index in [1.54, 1.807) is 9.88 Å². The number of alkyl halides is 3. The molecular formula is C13H12F3N3O5S. The van der Waals surface area contributed by atoms with E-state index in [9.17, 15) is 26.4 Å². The van der Waals surface area contributed by atoms with E-state index in [2.05, 4.69) is 4.98 Å². The molecule has 8 nitrogen and oxygen atoms in total. The monoisotopic (exact) mass is 379 g/mol. The molecule has 2 aromatic rings. The standard InChI is InChI=1S/C13H12F3N3O5S/c14-13(15,16)12-17-9-3-4-19(6-8(9)11(20)18-12)5-7-1-2-10(24-7)25(21,22)23/h1-2H,3-6H2,(H,17,18,20)(H,21,22,23). The molecule has 3 heterocycles. The molecule has 1 aliphatic heterocycles. The zero-order valence-corrected chi connectivity index (χ0v) is 13.3. The van der Waals surface area contributed by atoms with E-state index < -0.39 is 32.8 Å². The van der Waals surface area contributed by atoms with Crippen LogP contribution in [0.15, 0.2) is 26.4 Å². The zero-order valence-electron chi connectivity index (χ0n) is 12.5. The SMILES string of the molecule is O=c1[nH]c(C(F)(F)F)nc2c1CN(Cc1ccc(S(=O)(=O)O)o1)CC2. The van der Waals surface area contributed by atoms with Gasteiger partial charge in [-0.2, -0.15) is 21.6 Å². The fraction of sp³-hybridized carbons (Fsp3) is 0.385. The Bertz CT molecular complexity index is 964. The molecule has 0 unspecified atom stereocenters. The molecule has 0 spiro atoms. The first-order chi connectivity index (χ1) is 11.5. The lowest BCUT2D eigenvalue weighted by molar-refractivity contribution is -0.145. The summed E-state index contributed by atoms with van der Waals surface area (Å²) in [7, 11) is -4.45. The smallest absolute Gasteiger partial charge is 0.446 e. The molecule has 0 atom stereocenters. The third kappa shape index (κ3) is 3.75. The minimum absolute atomic E-state index is 0.0394. The molecule has 0 bridgehead atoms. The van der Waals surface area contributed by atoms with Gasteiger partial charge in [0.1, 0.15) is 5.76 Å². The number of H-pyrrole nitrogens is 1. The topological polar surface area (TPSA) is 116 Å². The van der Waals surface area contributed by atoms with Gasteiger partial charge in [0.15, 0.2) is 0 Å².